The molecule has 3 atom stereocenters. The van der Waals surface area contributed by atoms with Gasteiger partial charge < -0.3 is 10.0 Å². The highest BCUT2D eigenvalue weighted by Gasteiger charge is 2.42. The van der Waals surface area contributed by atoms with Crippen LogP contribution in [-0.2, 0) is 0 Å². The molecule has 1 saturated carbocycles. The molecular formula is C14H16BrNO2. The topological polar surface area (TPSA) is 40.5 Å². The van der Waals surface area contributed by atoms with Crippen LogP contribution in [0.5, 0.6) is 0 Å². The molecule has 3 unspecified atom stereocenters. The van der Waals surface area contributed by atoms with Crippen LogP contribution in [0.25, 0.3) is 0 Å². The fraction of sp³-hybridized carbons (Fsp3) is 0.500. The Morgan fingerprint density at radius 3 is 2.83 bits per heavy atom. The number of rotatable bonds is 2. The van der Waals surface area contributed by atoms with E-state index in [1.807, 2.05) is 18.2 Å². The standard InChI is InChI=1S/C14H16BrNO2/c15-12-5-9(8-17)1-3-13(12)16-6-10-2-4-14(18)11(10)7-16/h1,3,5,8,10-11,14,18H,2,4,6-7H2. The van der Waals surface area contributed by atoms with Gasteiger partial charge in [-0.2, -0.15) is 0 Å². The second kappa shape index (κ2) is 4.67. The first-order valence-electron chi connectivity index (χ1n) is 6.37. The highest BCUT2D eigenvalue weighted by molar-refractivity contribution is 9.10. The van der Waals surface area contributed by atoms with E-state index in [0.717, 1.165) is 42.4 Å². The van der Waals surface area contributed by atoms with E-state index in [2.05, 4.69) is 20.8 Å². The maximum Gasteiger partial charge on any atom is 0.150 e. The number of anilines is 1. The molecule has 96 valence electrons. The Kier molecular flexibility index (Phi) is 3.16. The molecule has 1 aromatic carbocycles. The van der Waals surface area contributed by atoms with Crippen LogP contribution in [0, 0.1) is 11.8 Å². The SMILES string of the molecule is O=Cc1ccc(N2CC3CCC(O)C3C2)c(Br)c1. The lowest BCUT2D eigenvalue weighted by molar-refractivity contribution is 0.112. The van der Waals surface area contributed by atoms with E-state index < -0.39 is 0 Å². The van der Waals surface area contributed by atoms with E-state index in [4.69, 9.17) is 0 Å². The zero-order valence-corrected chi connectivity index (χ0v) is 11.6. The summed E-state index contributed by atoms with van der Waals surface area (Å²) in [7, 11) is 0. The van der Waals surface area contributed by atoms with Crippen LogP contribution >= 0.6 is 15.9 Å². The number of fused-ring (bicyclic) bond motifs is 1. The van der Waals surface area contributed by atoms with E-state index in [-0.39, 0.29) is 6.10 Å². The van der Waals surface area contributed by atoms with Crippen LogP contribution in [0.2, 0.25) is 0 Å². The molecule has 18 heavy (non-hydrogen) atoms. The highest BCUT2D eigenvalue weighted by Crippen LogP contribution is 2.41. The molecule has 3 rings (SSSR count). The third-order valence-electron chi connectivity index (χ3n) is 4.27. The van der Waals surface area contributed by atoms with Gasteiger partial charge in [0.2, 0.25) is 0 Å². The van der Waals surface area contributed by atoms with Crippen molar-refractivity contribution >= 4 is 27.9 Å². The summed E-state index contributed by atoms with van der Waals surface area (Å²) in [5.74, 6) is 1.04. The van der Waals surface area contributed by atoms with Crippen molar-refractivity contribution in [3.8, 4) is 0 Å². The molecule has 2 fully saturated rings. The molecule has 1 aliphatic heterocycles. The van der Waals surface area contributed by atoms with Gasteiger partial charge in [-0.25, -0.2) is 0 Å². The molecule has 0 radical (unpaired) electrons. The summed E-state index contributed by atoms with van der Waals surface area (Å²) < 4.78 is 0.960. The van der Waals surface area contributed by atoms with Crippen LogP contribution in [0.15, 0.2) is 22.7 Å². The van der Waals surface area contributed by atoms with E-state index >= 15 is 0 Å². The van der Waals surface area contributed by atoms with Gasteiger partial charge in [0.1, 0.15) is 6.29 Å². The van der Waals surface area contributed by atoms with Gasteiger partial charge >= 0.3 is 0 Å². The predicted octanol–water partition coefficient (Wildman–Crippen LogP) is 2.47. The Morgan fingerprint density at radius 1 is 1.33 bits per heavy atom. The van der Waals surface area contributed by atoms with Crippen LogP contribution in [0.4, 0.5) is 5.69 Å². The minimum Gasteiger partial charge on any atom is -0.393 e. The van der Waals surface area contributed by atoms with Gasteiger partial charge in [-0.1, -0.05) is 0 Å². The Hall–Kier alpha value is -0.870. The second-order valence-corrected chi connectivity index (χ2v) is 6.16. The molecule has 0 amide bonds. The Labute approximate surface area is 115 Å². The number of hydrogen-bond acceptors (Lipinski definition) is 3. The molecular weight excluding hydrogens is 294 g/mol. The largest absolute Gasteiger partial charge is 0.393 e. The van der Waals surface area contributed by atoms with Gasteiger partial charge in [0.25, 0.3) is 0 Å². The maximum atomic E-state index is 10.7. The number of benzene rings is 1. The number of carbonyl (C=O) groups is 1. The highest BCUT2D eigenvalue weighted by atomic mass is 79.9. The molecule has 0 spiro atoms. The molecule has 4 heteroatoms. The fourth-order valence-electron chi connectivity index (χ4n) is 3.29. The lowest BCUT2D eigenvalue weighted by Gasteiger charge is -2.22. The van der Waals surface area contributed by atoms with Crippen molar-refractivity contribution in [2.24, 2.45) is 11.8 Å². The van der Waals surface area contributed by atoms with Crippen LogP contribution in [0.1, 0.15) is 23.2 Å². The minimum atomic E-state index is -0.131. The molecule has 1 aliphatic carbocycles. The molecule has 1 heterocycles. The van der Waals surface area contributed by atoms with Gasteiger partial charge in [-0.05, 0) is 52.9 Å². The zero-order valence-electron chi connectivity index (χ0n) is 10.1. The van der Waals surface area contributed by atoms with Crippen molar-refractivity contribution in [2.75, 3.05) is 18.0 Å². The average molecular weight is 310 g/mol. The first kappa shape index (κ1) is 12.2. The van der Waals surface area contributed by atoms with Gasteiger partial charge in [0.05, 0.1) is 11.8 Å². The van der Waals surface area contributed by atoms with Crippen molar-refractivity contribution in [3.63, 3.8) is 0 Å². The first-order valence-corrected chi connectivity index (χ1v) is 7.16. The lowest BCUT2D eigenvalue weighted by atomic mass is 10.00. The Morgan fingerprint density at radius 2 is 2.17 bits per heavy atom. The fourth-order valence-corrected chi connectivity index (χ4v) is 3.93. The van der Waals surface area contributed by atoms with Gasteiger partial charge in [0.15, 0.2) is 0 Å². The van der Waals surface area contributed by atoms with E-state index in [1.54, 1.807) is 0 Å². The zero-order chi connectivity index (χ0) is 12.7. The summed E-state index contributed by atoms with van der Waals surface area (Å²) >= 11 is 3.53. The number of hydrogen-bond donors (Lipinski definition) is 1. The van der Waals surface area contributed by atoms with E-state index in [9.17, 15) is 9.90 Å². The third kappa shape index (κ3) is 1.97. The molecule has 0 bridgehead atoms. The van der Waals surface area contributed by atoms with Crippen molar-refractivity contribution < 1.29 is 9.90 Å². The quantitative estimate of drug-likeness (QED) is 0.853. The number of nitrogens with zero attached hydrogens (tertiary/aromatic N) is 1. The number of carbonyl (C=O) groups excluding carboxylic acids is 1. The Bertz CT molecular complexity index is 477. The van der Waals surface area contributed by atoms with E-state index in [0.29, 0.717) is 17.4 Å². The number of halogens is 1. The van der Waals surface area contributed by atoms with Crippen molar-refractivity contribution in [3.05, 3.63) is 28.2 Å². The number of aldehydes is 1. The smallest absolute Gasteiger partial charge is 0.150 e. The molecule has 1 saturated heterocycles. The molecule has 2 aliphatic rings. The van der Waals surface area contributed by atoms with Crippen LogP contribution in [-0.4, -0.2) is 30.6 Å². The lowest BCUT2D eigenvalue weighted by Crippen LogP contribution is -2.24. The van der Waals surface area contributed by atoms with E-state index in [1.165, 1.54) is 0 Å². The van der Waals surface area contributed by atoms with Gasteiger partial charge in [0, 0.05) is 29.0 Å². The summed E-state index contributed by atoms with van der Waals surface area (Å²) in [4.78, 5) is 13.0. The third-order valence-corrected chi connectivity index (χ3v) is 4.90. The summed E-state index contributed by atoms with van der Waals surface area (Å²) in [6.07, 6.45) is 2.81. The summed E-state index contributed by atoms with van der Waals surface area (Å²) in [5, 5.41) is 9.93. The molecule has 1 N–H and O–H groups in total. The summed E-state index contributed by atoms with van der Waals surface area (Å²) in [6, 6.07) is 5.69. The monoisotopic (exact) mass is 309 g/mol. The van der Waals surface area contributed by atoms with Crippen molar-refractivity contribution in [1.82, 2.24) is 0 Å². The predicted molar refractivity (Wildman–Crippen MR) is 74.0 cm³/mol. The minimum absolute atomic E-state index is 0.131. The van der Waals surface area contributed by atoms with Gasteiger partial charge in [-0.3, -0.25) is 4.79 Å². The second-order valence-electron chi connectivity index (χ2n) is 5.30. The summed E-state index contributed by atoms with van der Waals surface area (Å²) in [5.41, 5.74) is 1.81. The average Bonchev–Trinajstić information content (AvgIpc) is 2.92. The first-order chi connectivity index (χ1) is 8.69. The molecule has 0 aromatic heterocycles. The maximum absolute atomic E-state index is 10.7. The van der Waals surface area contributed by atoms with Crippen molar-refractivity contribution in [2.45, 2.75) is 18.9 Å². The van der Waals surface area contributed by atoms with Crippen molar-refractivity contribution in [1.29, 1.82) is 0 Å². The Balaban J connectivity index is 1.82. The number of aliphatic hydroxyl groups excluding tert-OH is 1. The van der Waals surface area contributed by atoms with Crippen LogP contribution in [0.3, 0.4) is 0 Å². The normalized spacial score (nSPS) is 30.6. The molecule has 3 nitrogen and oxygen atoms in total. The van der Waals surface area contributed by atoms with Gasteiger partial charge in [-0.15, -0.1) is 0 Å². The number of aliphatic hydroxyl groups is 1. The summed E-state index contributed by atoms with van der Waals surface area (Å²) in [6.45, 7) is 1.94. The van der Waals surface area contributed by atoms with Crippen LogP contribution < -0.4 is 4.90 Å². The molecule has 1 aromatic rings.